The summed E-state index contributed by atoms with van der Waals surface area (Å²) in [5, 5.41) is 0. The van der Waals surface area contributed by atoms with Crippen LogP contribution in [0.25, 0.3) is 0 Å². The van der Waals surface area contributed by atoms with E-state index in [0.29, 0.717) is 11.5 Å². The first-order chi connectivity index (χ1) is 11.5. The van der Waals surface area contributed by atoms with Crippen molar-refractivity contribution >= 4 is 8.25 Å². The Morgan fingerprint density at radius 1 is 0.792 bits per heavy atom. The van der Waals surface area contributed by atoms with Crippen LogP contribution in [0.15, 0.2) is 36.4 Å². The fourth-order valence-electron chi connectivity index (χ4n) is 2.62. The minimum Gasteiger partial charge on any atom is -0.222 e. The van der Waals surface area contributed by atoms with Gasteiger partial charge in [0.1, 0.15) is 0 Å². The zero-order chi connectivity index (χ0) is 17.5. The van der Waals surface area contributed by atoms with Gasteiger partial charge >= 0.3 is 8.25 Å². The van der Waals surface area contributed by atoms with E-state index in [1.807, 2.05) is 50.2 Å². The molecule has 2 aromatic rings. The van der Waals surface area contributed by atoms with Gasteiger partial charge in [0.05, 0.1) is 0 Å². The average Bonchev–Trinajstić information content (AvgIpc) is 2.53. The summed E-state index contributed by atoms with van der Waals surface area (Å²) in [6.45, 7) is 8.22. The Labute approximate surface area is 146 Å². The second kappa shape index (κ2) is 8.84. The van der Waals surface area contributed by atoms with Crippen LogP contribution in [0.5, 0.6) is 11.5 Å². The molecule has 0 aromatic heterocycles. The molecule has 0 spiro atoms. The molecule has 0 N–H and O–H groups in total. The molecule has 0 bridgehead atoms. The lowest BCUT2D eigenvalue weighted by atomic mass is 10.1. The maximum absolute atomic E-state index is 12.4. The van der Waals surface area contributed by atoms with Crippen LogP contribution in [0.3, 0.4) is 0 Å². The topological polar surface area (TPSA) is 35.5 Å². The molecule has 0 heterocycles. The van der Waals surface area contributed by atoms with Crippen molar-refractivity contribution < 1.29 is 13.6 Å². The van der Waals surface area contributed by atoms with E-state index in [9.17, 15) is 4.57 Å². The predicted molar refractivity (Wildman–Crippen MR) is 99.2 cm³/mol. The van der Waals surface area contributed by atoms with Crippen LogP contribution in [0, 0.1) is 13.8 Å². The SMILES string of the molecule is CCCc1ccc(C)cc1O[P+](=O)Oc1cc(C)ccc1CCC. The van der Waals surface area contributed by atoms with Gasteiger partial charge in [-0.15, -0.1) is 0 Å². The van der Waals surface area contributed by atoms with Crippen molar-refractivity contribution in [3.8, 4) is 11.5 Å². The molecular formula is C20H26O3P+. The molecule has 128 valence electrons. The summed E-state index contributed by atoms with van der Waals surface area (Å²) < 4.78 is 23.7. The van der Waals surface area contributed by atoms with Crippen molar-refractivity contribution in [3.05, 3.63) is 58.7 Å². The summed E-state index contributed by atoms with van der Waals surface area (Å²) >= 11 is 0. The number of hydrogen-bond acceptors (Lipinski definition) is 3. The van der Waals surface area contributed by atoms with E-state index >= 15 is 0 Å². The Morgan fingerprint density at radius 3 is 1.58 bits per heavy atom. The smallest absolute Gasteiger partial charge is 0.222 e. The summed E-state index contributed by atoms with van der Waals surface area (Å²) in [6.07, 6.45) is 3.81. The Kier molecular flexibility index (Phi) is 6.81. The van der Waals surface area contributed by atoms with Gasteiger partial charge in [-0.1, -0.05) is 51.0 Å². The third kappa shape index (κ3) is 5.07. The summed E-state index contributed by atoms with van der Waals surface area (Å²) in [4.78, 5) is 0. The Balaban J connectivity index is 2.17. The minimum atomic E-state index is -2.26. The molecule has 2 aromatic carbocycles. The number of hydrogen-bond donors (Lipinski definition) is 0. The molecule has 0 unspecified atom stereocenters. The third-order valence-corrected chi connectivity index (χ3v) is 4.52. The van der Waals surface area contributed by atoms with Gasteiger partial charge < -0.3 is 0 Å². The molecular weight excluding hydrogens is 319 g/mol. The van der Waals surface area contributed by atoms with Crippen molar-refractivity contribution in [2.24, 2.45) is 0 Å². The predicted octanol–water partition coefficient (Wildman–Crippen LogP) is 6.32. The van der Waals surface area contributed by atoms with Crippen molar-refractivity contribution in [2.75, 3.05) is 0 Å². The fourth-order valence-corrected chi connectivity index (χ4v) is 3.32. The molecule has 24 heavy (non-hydrogen) atoms. The molecule has 0 aliphatic heterocycles. The lowest BCUT2D eigenvalue weighted by Crippen LogP contribution is -1.97. The monoisotopic (exact) mass is 345 g/mol. The van der Waals surface area contributed by atoms with Crippen LogP contribution in [0.2, 0.25) is 0 Å². The van der Waals surface area contributed by atoms with Crippen molar-refractivity contribution in [2.45, 2.75) is 53.4 Å². The zero-order valence-electron chi connectivity index (χ0n) is 15.0. The van der Waals surface area contributed by atoms with E-state index in [1.165, 1.54) is 0 Å². The summed E-state index contributed by atoms with van der Waals surface area (Å²) in [5.41, 5.74) is 4.28. The normalized spacial score (nSPS) is 10.5. The lowest BCUT2D eigenvalue weighted by Gasteiger charge is -2.06. The highest BCUT2D eigenvalue weighted by atomic mass is 31.1. The van der Waals surface area contributed by atoms with Crippen LogP contribution in [-0.2, 0) is 17.4 Å². The first kappa shape index (κ1) is 18.5. The van der Waals surface area contributed by atoms with E-state index in [0.717, 1.165) is 47.9 Å². The van der Waals surface area contributed by atoms with E-state index < -0.39 is 8.25 Å². The number of rotatable bonds is 8. The Hall–Kier alpha value is -1.86. The minimum absolute atomic E-state index is 0.655. The number of benzene rings is 2. The van der Waals surface area contributed by atoms with Crippen molar-refractivity contribution in [3.63, 3.8) is 0 Å². The van der Waals surface area contributed by atoms with Crippen LogP contribution >= 0.6 is 8.25 Å². The molecule has 4 heteroatoms. The van der Waals surface area contributed by atoms with Crippen molar-refractivity contribution in [1.82, 2.24) is 0 Å². The molecule has 0 saturated carbocycles. The number of aryl methyl sites for hydroxylation is 4. The van der Waals surface area contributed by atoms with Gasteiger partial charge in [0, 0.05) is 15.7 Å². The molecule has 0 radical (unpaired) electrons. The lowest BCUT2D eigenvalue weighted by molar-refractivity contribution is 0.411. The van der Waals surface area contributed by atoms with Crippen LogP contribution < -0.4 is 9.05 Å². The highest BCUT2D eigenvalue weighted by Crippen LogP contribution is 2.35. The second-order valence-electron chi connectivity index (χ2n) is 6.13. The molecule has 0 atom stereocenters. The van der Waals surface area contributed by atoms with Gasteiger partial charge in [-0.2, -0.15) is 0 Å². The van der Waals surface area contributed by atoms with Gasteiger partial charge in [-0.3, -0.25) is 0 Å². The van der Waals surface area contributed by atoms with Gasteiger partial charge in [-0.05, 0) is 49.9 Å². The molecule has 0 saturated heterocycles. The Morgan fingerprint density at radius 2 is 1.21 bits per heavy atom. The highest BCUT2D eigenvalue weighted by Gasteiger charge is 2.27. The van der Waals surface area contributed by atoms with Crippen LogP contribution in [0.1, 0.15) is 48.9 Å². The summed E-state index contributed by atoms with van der Waals surface area (Å²) in [5.74, 6) is 1.31. The quantitative estimate of drug-likeness (QED) is 0.525. The van der Waals surface area contributed by atoms with Crippen molar-refractivity contribution in [1.29, 1.82) is 0 Å². The average molecular weight is 345 g/mol. The van der Waals surface area contributed by atoms with Crippen LogP contribution in [-0.4, -0.2) is 0 Å². The summed E-state index contributed by atoms with van der Waals surface area (Å²) in [6, 6.07) is 12.0. The van der Waals surface area contributed by atoms with Gasteiger partial charge in [-0.25, -0.2) is 9.05 Å². The van der Waals surface area contributed by atoms with E-state index in [-0.39, 0.29) is 0 Å². The maximum Gasteiger partial charge on any atom is 0.805 e. The molecule has 0 fully saturated rings. The van der Waals surface area contributed by atoms with E-state index in [1.54, 1.807) is 0 Å². The second-order valence-corrected chi connectivity index (χ2v) is 6.94. The Bertz CT molecular complexity index is 651. The first-order valence-corrected chi connectivity index (χ1v) is 9.65. The largest absolute Gasteiger partial charge is 0.805 e. The fraction of sp³-hybridized carbons (Fsp3) is 0.400. The molecule has 0 aliphatic rings. The highest BCUT2D eigenvalue weighted by molar-refractivity contribution is 7.34. The molecule has 2 rings (SSSR count). The zero-order valence-corrected chi connectivity index (χ0v) is 15.9. The van der Waals surface area contributed by atoms with Gasteiger partial charge in [0.2, 0.25) is 0 Å². The first-order valence-electron chi connectivity index (χ1n) is 8.55. The molecule has 3 nitrogen and oxygen atoms in total. The van der Waals surface area contributed by atoms with Crippen LogP contribution in [0.4, 0.5) is 0 Å². The van der Waals surface area contributed by atoms with E-state index in [4.69, 9.17) is 9.05 Å². The third-order valence-electron chi connectivity index (χ3n) is 3.83. The molecule has 0 amide bonds. The maximum atomic E-state index is 12.4. The summed E-state index contributed by atoms with van der Waals surface area (Å²) in [7, 11) is -2.26. The van der Waals surface area contributed by atoms with E-state index in [2.05, 4.69) is 13.8 Å². The van der Waals surface area contributed by atoms with Gasteiger partial charge in [0.15, 0.2) is 11.5 Å². The van der Waals surface area contributed by atoms with Gasteiger partial charge in [0.25, 0.3) is 0 Å². The standard InChI is InChI=1S/C20H26O3P/c1-5-7-17-11-9-15(3)13-19(17)22-24(21)23-20-14-16(4)10-12-18(20)8-6-2/h9-14H,5-8H2,1-4H3/q+1. The molecule has 0 aliphatic carbocycles.